The Morgan fingerprint density at radius 3 is 2.18 bits per heavy atom. The fourth-order valence-corrected chi connectivity index (χ4v) is 1.44. The zero-order valence-electron chi connectivity index (χ0n) is 9.41. The van der Waals surface area contributed by atoms with Crippen LogP contribution in [0, 0.1) is 20.2 Å². The van der Waals surface area contributed by atoms with Crippen molar-refractivity contribution in [2.75, 3.05) is 19.0 Å². The Hall–Kier alpha value is -2.44. The molecule has 0 N–H and O–H groups in total. The molecule has 0 aliphatic carbocycles. The van der Waals surface area contributed by atoms with Crippen LogP contribution in [-0.2, 0) is 0 Å². The van der Waals surface area contributed by atoms with Gasteiger partial charge in [-0.1, -0.05) is 12.7 Å². The second kappa shape index (κ2) is 4.60. The highest BCUT2D eigenvalue weighted by atomic mass is 16.6. The molecule has 0 spiro atoms. The lowest BCUT2D eigenvalue weighted by Crippen LogP contribution is -2.11. The van der Waals surface area contributed by atoms with Crippen molar-refractivity contribution in [3.8, 4) is 0 Å². The standard InChI is InChI=1S/C10H11N3O4/c1-4-8-9(11(2)3)5-7(12(14)15)6-10(8)13(16)17/h4-6H,1H2,2-3H3. The van der Waals surface area contributed by atoms with Gasteiger partial charge in [-0.2, -0.15) is 0 Å². The molecule has 0 bridgehead atoms. The van der Waals surface area contributed by atoms with Crippen molar-refractivity contribution in [1.82, 2.24) is 0 Å². The third-order valence-corrected chi connectivity index (χ3v) is 2.21. The van der Waals surface area contributed by atoms with Gasteiger partial charge in [0, 0.05) is 20.2 Å². The Kier molecular flexibility index (Phi) is 3.42. The van der Waals surface area contributed by atoms with Crippen LogP contribution in [0.1, 0.15) is 5.56 Å². The molecule has 0 heterocycles. The smallest absolute Gasteiger partial charge is 0.285 e. The molecule has 0 saturated carbocycles. The highest BCUT2D eigenvalue weighted by Gasteiger charge is 2.22. The van der Waals surface area contributed by atoms with E-state index in [9.17, 15) is 20.2 Å². The normalized spacial score (nSPS) is 9.76. The zero-order chi connectivity index (χ0) is 13.2. The maximum absolute atomic E-state index is 10.8. The summed E-state index contributed by atoms with van der Waals surface area (Å²) < 4.78 is 0. The van der Waals surface area contributed by atoms with E-state index in [-0.39, 0.29) is 16.9 Å². The lowest BCUT2D eigenvalue weighted by molar-refractivity contribution is -0.394. The van der Waals surface area contributed by atoms with E-state index in [1.54, 1.807) is 19.0 Å². The molecule has 0 aromatic heterocycles. The molecule has 1 rings (SSSR count). The molecule has 0 amide bonds. The zero-order valence-corrected chi connectivity index (χ0v) is 9.41. The summed E-state index contributed by atoms with van der Waals surface area (Å²) in [5.74, 6) is 0. The summed E-state index contributed by atoms with van der Waals surface area (Å²) in [5, 5.41) is 21.5. The molecule has 0 aliphatic heterocycles. The van der Waals surface area contributed by atoms with Crippen LogP contribution in [0.25, 0.3) is 6.08 Å². The van der Waals surface area contributed by atoms with Gasteiger partial charge in [0.1, 0.15) is 0 Å². The summed E-state index contributed by atoms with van der Waals surface area (Å²) in [5.41, 5.74) is 0.0235. The molecule has 0 atom stereocenters. The van der Waals surface area contributed by atoms with E-state index in [0.29, 0.717) is 5.69 Å². The first kappa shape index (κ1) is 12.6. The summed E-state index contributed by atoms with van der Waals surface area (Å²) in [7, 11) is 3.30. The van der Waals surface area contributed by atoms with Gasteiger partial charge in [-0.05, 0) is 0 Å². The van der Waals surface area contributed by atoms with Crippen molar-refractivity contribution >= 4 is 23.1 Å². The monoisotopic (exact) mass is 237 g/mol. The molecule has 7 nitrogen and oxygen atoms in total. The average Bonchev–Trinajstić information content (AvgIpc) is 2.26. The fourth-order valence-electron chi connectivity index (χ4n) is 1.44. The van der Waals surface area contributed by atoms with Crippen LogP contribution in [0.5, 0.6) is 0 Å². The van der Waals surface area contributed by atoms with E-state index >= 15 is 0 Å². The van der Waals surface area contributed by atoms with E-state index in [2.05, 4.69) is 6.58 Å². The molecule has 0 fully saturated rings. The summed E-state index contributed by atoms with van der Waals surface area (Å²) in [6, 6.07) is 2.22. The number of rotatable bonds is 4. The molecule has 1 aromatic rings. The highest BCUT2D eigenvalue weighted by Crippen LogP contribution is 2.34. The molecule has 0 radical (unpaired) electrons. The largest absolute Gasteiger partial charge is 0.377 e. The number of non-ortho nitro benzene ring substituents is 1. The van der Waals surface area contributed by atoms with E-state index in [4.69, 9.17) is 0 Å². The number of nitro groups is 2. The summed E-state index contributed by atoms with van der Waals surface area (Å²) in [6.07, 6.45) is 1.32. The van der Waals surface area contributed by atoms with Crippen molar-refractivity contribution in [1.29, 1.82) is 0 Å². The lowest BCUT2D eigenvalue weighted by atomic mass is 10.1. The lowest BCUT2D eigenvalue weighted by Gasteiger charge is -2.15. The van der Waals surface area contributed by atoms with Gasteiger partial charge in [-0.3, -0.25) is 20.2 Å². The highest BCUT2D eigenvalue weighted by molar-refractivity contribution is 5.77. The number of anilines is 1. The predicted molar refractivity (Wildman–Crippen MR) is 64.2 cm³/mol. The maximum Gasteiger partial charge on any atom is 0.285 e. The van der Waals surface area contributed by atoms with Crippen LogP contribution in [0.3, 0.4) is 0 Å². The second-order valence-electron chi connectivity index (χ2n) is 3.51. The van der Waals surface area contributed by atoms with Crippen LogP contribution in [-0.4, -0.2) is 23.9 Å². The van der Waals surface area contributed by atoms with Crippen LogP contribution in [0.2, 0.25) is 0 Å². The Balaban J connectivity index is 3.62. The van der Waals surface area contributed by atoms with Gasteiger partial charge < -0.3 is 4.90 Å². The number of nitro benzene ring substituents is 2. The SMILES string of the molecule is C=Cc1c(N(C)C)cc([N+](=O)[O-])cc1[N+](=O)[O-]. The Morgan fingerprint density at radius 1 is 1.24 bits per heavy atom. The van der Waals surface area contributed by atoms with Gasteiger partial charge in [0.25, 0.3) is 11.4 Å². The predicted octanol–water partition coefficient (Wildman–Crippen LogP) is 2.21. The quantitative estimate of drug-likeness (QED) is 0.591. The number of nitrogens with zero attached hydrogens (tertiary/aromatic N) is 3. The molecule has 17 heavy (non-hydrogen) atoms. The van der Waals surface area contributed by atoms with Gasteiger partial charge >= 0.3 is 0 Å². The molecule has 0 aliphatic rings. The minimum atomic E-state index is -0.660. The summed E-state index contributed by atoms with van der Waals surface area (Å²) in [4.78, 5) is 21.8. The van der Waals surface area contributed by atoms with E-state index in [1.165, 1.54) is 12.1 Å². The van der Waals surface area contributed by atoms with Gasteiger partial charge in [-0.15, -0.1) is 0 Å². The third kappa shape index (κ3) is 2.39. The average molecular weight is 237 g/mol. The molecule has 7 heteroatoms. The number of benzene rings is 1. The first-order valence-electron chi connectivity index (χ1n) is 4.65. The molecular weight excluding hydrogens is 226 g/mol. The van der Waals surface area contributed by atoms with Crippen molar-refractivity contribution in [2.45, 2.75) is 0 Å². The number of hydrogen-bond donors (Lipinski definition) is 0. The van der Waals surface area contributed by atoms with Crippen LogP contribution in [0.15, 0.2) is 18.7 Å². The van der Waals surface area contributed by atoms with Crippen molar-refractivity contribution in [2.24, 2.45) is 0 Å². The second-order valence-corrected chi connectivity index (χ2v) is 3.51. The molecule has 90 valence electrons. The Labute approximate surface area is 97.3 Å². The van der Waals surface area contributed by atoms with Crippen LogP contribution < -0.4 is 4.90 Å². The van der Waals surface area contributed by atoms with Gasteiger partial charge in [0.05, 0.1) is 27.2 Å². The van der Waals surface area contributed by atoms with Crippen molar-refractivity contribution < 1.29 is 9.85 Å². The van der Waals surface area contributed by atoms with Crippen molar-refractivity contribution in [3.63, 3.8) is 0 Å². The van der Waals surface area contributed by atoms with Gasteiger partial charge in [0.15, 0.2) is 0 Å². The first-order chi connectivity index (χ1) is 7.88. The third-order valence-electron chi connectivity index (χ3n) is 2.21. The van der Waals surface area contributed by atoms with E-state index in [1.807, 2.05) is 0 Å². The van der Waals surface area contributed by atoms with Gasteiger partial charge in [0.2, 0.25) is 0 Å². The molecule has 0 unspecified atom stereocenters. The topological polar surface area (TPSA) is 89.5 Å². The molecular formula is C10H11N3O4. The molecule has 1 aromatic carbocycles. The van der Waals surface area contributed by atoms with E-state index < -0.39 is 9.85 Å². The Bertz CT molecular complexity index is 497. The first-order valence-corrected chi connectivity index (χ1v) is 4.65. The summed E-state index contributed by atoms with van der Waals surface area (Å²) >= 11 is 0. The summed E-state index contributed by atoms with van der Waals surface area (Å²) in [6.45, 7) is 3.49. The van der Waals surface area contributed by atoms with Crippen molar-refractivity contribution in [3.05, 3.63) is 44.5 Å². The maximum atomic E-state index is 10.8. The minimum absolute atomic E-state index is 0.269. The van der Waals surface area contributed by atoms with Crippen LogP contribution in [0.4, 0.5) is 17.1 Å². The fraction of sp³-hybridized carbons (Fsp3) is 0.200. The van der Waals surface area contributed by atoms with Crippen LogP contribution >= 0.6 is 0 Å². The minimum Gasteiger partial charge on any atom is -0.377 e. The number of hydrogen-bond acceptors (Lipinski definition) is 5. The molecule has 0 saturated heterocycles. The van der Waals surface area contributed by atoms with Gasteiger partial charge in [-0.25, -0.2) is 0 Å². The Morgan fingerprint density at radius 2 is 1.82 bits per heavy atom. The van der Waals surface area contributed by atoms with E-state index in [0.717, 1.165) is 6.07 Å².